The minimum atomic E-state index is -0.264. The van der Waals surface area contributed by atoms with Gasteiger partial charge in [-0.1, -0.05) is 59.6 Å². The van der Waals surface area contributed by atoms with Crippen LogP contribution in [0.3, 0.4) is 0 Å². The first-order valence-electron chi connectivity index (χ1n) is 10.6. The Morgan fingerprint density at radius 3 is 2.52 bits per heavy atom. The lowest BCUT2D eigenvalue weighted by Crippen LogP contribution is -2.07. The molecule has 2 aromatic carbocycles. The molecular weight excluding hydrogens is 452 g/mol. The van der Waals surface area contributed by atoms with Gasteiger partial charge in [0.25, 0.3) is 0 Å². The fraction of sp³-hybridized carbons (Fsp3) is 0.192. The summed E-state index contributed by atoms with van der Waals surface area (Å²) in [5.41, 5.74) is 8.16. The average molecular weight is 477 g/mol. The summed E-state index contributed by atoms with van der Waals surface area (Å²) in [5, 5.41) is 10.4. The summed E-state index contributed by atoms with van der Waals surface area (Å²) in [4.78, 5) is 17.2. The van der Waals surface area contributed by atoms with Crippen molar-refractivity contribution in [1.82, 2.24) is 14.8 Å². The molecule has 0 unspecified atom stereocenters. The molecule has 0 bridgehead atoms. The topological polar surface area (TPSA) is 59.8 Å². The lowest BCUT2D eigenvalue weighted by molar-refractivity contribution is -0.111. The van der Waals surface area contributed by atoms with Crippen LogP contribution in [-0.2, 0) is 11.3 Å². The summed E-state index contributed by atoms with van der Waals surface area (Å²) >= 11 is 7.95. The molecule has 1 N–H and O–H groups in total. The SMILES string of the molecule is Cc1cc(C)c(-c2csc(NC(=O)C=Cc3c(C)nn(Cc4ccccc4)c3Cl)n2)c(C)c1. The highest BCUT2D eigenvalue weighted by molar-refractivity contribution is 7.14. The second-order valence-corrected chi connectivity index (χ2v) is 9.28. The van der Waals surface area contributed by atoms with Gasteiger partial charge in [0.1, 0.15) is 5.15 Å². The molecule has 2 aromatic heterocycles. The van der Waals surface area contributed by atoms with Crippen LogP contribution in [0.2, 0.25) is 5.15 Å². The maximum atomic E-state index is 12.5. The number of hydrogen-bond acceptors (Lipinski definition) is 4. The van der Waals surface area contributed by atoms with E-state index in [0.29, 0.717) is 16.8 Å². The van der Waals surface area contributed by atoms with Crippen LogP contribution in [0.15, 0.2) is 53.9 Å². The fourth-order valence-corrected chi connectivity index (χ4v) is 4.96. The number of carbonyl (C=O) groups is 1. The molecule has 1 amide bonds. The van der Waals surface area contributed by atoms with E-state index in [1.165, 1.54) is 34.1 Å². The fourth-order valence-electron chi connectivity index (χ4n) is 3.95. The van der Waals surface area contributed by atoms with Gasteiger partial charge in [-0.2, -0.15) is 5.10 Å². The van der Waals surface area contributed by atoms with Crippen molar-refractivity contribution < 1.29 is 4.79 Å². The first kappa shape index (κ1) is 23.0. The van der Waals surface area contributed by atoms with Gasteiger partial charge in [0.05, 0.1) is 17.9 Å². The molecule has 0 radical (unpaired) electrons. The molecule has 33 heavy (non-hydrogen) atoms. The average Bonchev–Trinajstić information content (AvgIpc) is 3.31. The molecule has 2 heterocycles. The number of thiazole rings is 1. The summed E-state index contributed by atoms with van der Waals surface area (Å²) in [5.74, 6) is -0.264. The van der Waals surface area contributed by atoms with Gasteiger partial charge in [-0.05, 0) is 50.5 Å². The van der Waals surface area contributed by atoms with E-state index in [1.807, 2.05) is 42.6 Å². The smallest absolute Gasteiger partial charge is 0.250 e. The molecule has 7 heteroatoms. The first-order chi connectivity index (χ1) is 15.8. The Labute approximate surface area is 202 Å². The molecule has 168 valence electrons. The number of aromatic nitrogens is 3. The number of anilines is 1. The van der Waals surface area contributed by atoms with Gasteiger partial charge in [-0.15, -0.1) is 11.3 Å². The zero-order valence-electron chi connectivity index (χ0n) is 19.0. The Bertz CT molecular complexity index is 1310. The van der Waals surface area contributed by atoms with Crippen molar-refractivity contribution in [3.8, 4) is 11.3 Å². The number of carbonyl (C=O) groups excluding carboxylic acids is 1. The molecule has 4 aromatic rings. The Morgan fingerprint density at radius 1 is 1.12 bits per heavy atom. The van der Waals surface area contributed by atoms with Crippen molar-refractivity contribution in [2.45, 2.75) is 34.2 Å². The third-order valence-corrected chi connectivity index (χ3v) is 6.51. The number of nitrogens with zero attached hydrogens (tertiary/aromatic N) is 3. The third kappa shape index (κ3) is 5.24. The third-order valence-electron chi connectivity index (χ3n) is 5.35. The van der Waals surface area contributed by atoms with Crippen molar-refractivity contribution >= 4 is 40.1 Å². The molecule has 0 spiro atoms. The first-order valence-corrected chi connectivity index (χ1v) is 11.9. The van der Waals surface area contributed by atoms with Crippen LogP contribution in [0.1, 0.15) is 33.5 Å². The number of benzene rings is 2. The molecule has 0 aliphatic carbocycles. The van der Waals surface area contributed by atoms with E-state index in [2.05, 4.69) is 48.3 Å². The summed E-state index contributed by atoms with van der Waals surface area (Å²) in [6.45, 7) is 8.70. The summed E-state index contributed by atoms with van der Waals surface area (Å²) in [7, 11) is 0. The molecule has 5 nitrogen and oxygen atoms in total. The van der Waals surface area contributed by atoms with Crippen LogP contribution in [0, 0.1) is 27.7 Å². The zero-order valence-corrected chi connectivity index (χ0v) is 20.6. The van der Waals surface area contributed by atoms with Crippen molar-refractivity contribution in [2.24, 2.45) is 0 Å². The van der Waals surface area contributed by atoms with E-state index in [4.69, 9.17) is 11.6 Å². The lowest BCUT2D eigenvalue weighted by atomic mass is 9.98. The predicted octanol–water partition coefficient (Wildman–Crippen LogP) is 6.59. The molecule has 4 rings (SSSR count). The quantitative estimate of drug-likeness (QED) is 0.319. The van der Waals surface area contributed by atoms with E-state index in [0.717, 1.165) is 28.1 Å². The van der Waals surface area contributed by atoms with E-state index in [-0.39, 0.29) is 5.91 Å². The highest BCUT2D eigenvalue weighted by atomic mass is 35.5. The van der Waals surface area contributed by atoms with Crippen LogP contribution >= 0.6 is 22.9 Å². The van der Waals surface area contributed by atoms with Gasteiger partial charge in [-0.25, -0.2) is 9.67 Å². The van der Waals surface area contributed by atoms with Crippen molar-refractivity contribution in [1.29, 1.82) is 0 Å². The highest BCUT2D eigenvalue weighted by Crippen LogP contribution is 2.31. The van der Waals surface area contributed by atoms with Crippen LogP contribution in [0.25, 0.3) is 17.3 Å². The molecule has 0 aliphatic rings. The summed E-state index contributed by atoms with van der Waals surface area (Å²) in [6.07, 6.45) is 3.16. The molecule has 0 saturated heterocycles. The van der Waals surface area contributed by atoms with Gasteiger partial charge < -0.3 is 0 Å². The number of amides is 1. The van der Waals surface area contributed by atoms with Crippen LogP contribution in [0.5, 0.6) is 0 Å². The van der Waals surface area contributed by atoms with Gasteiger partial charge in [0, 0.05) is 22.6 Å². The highest BCUT2D eigenvalue weighted by Gasteiger charge is 2.14. The lowest BCUT2D eigenvalue weighted by Gasteiger charge is -2.08. The normalized spacial score (nSPS) is 11.3. The zero-order chi connectivity index (χ0) is 23.5. The maximum Gasteiger partial charge on any atom is 0.250 e. The van der Waals surface area contributed by atoms with Crippen LogP contribution in [-0.4, -0.2) is 20.7 Å². The molecule has 0 saturated carbocycles. The second-order valence-electron chi connectivity index (χ2n) is 8.07. The summed E-state index contributed by atoms with van der Waals surface area (Å²) < 4.78 is 1.74. The molecule has 0 aliphatic heterocycles. The number of halogens is 1. The standard InChI is InChI=1S/C26H25ClN4OS/c1-16-12-17(2)24(18(3)13-16)22-15-33-26(28-22)29-23(32)11-10-21-19(4)30-31(25(21)27)14-20-8-6-5-7-9-20/h5-13,15H,14H2,1-4H3,(H,28,29,32). The van der Waals surface area contributed by atoms with Gasteiger partial charge >= 0.3 is 0 Å². The van der Waals surface area contributed by atoms with Crippen molar-refractivity contribution in [3.63, 3.8) is 0 Å². The number of nitrogens with one attached hydrogen (secondary N) is 1. The number of hydrogen-bond donors (Lipinski definition) is 1. The molecular formula is C26H25ClN4OS. The Kier molecular flexibility index (Phi) is 6.77. The van der Waals surface area contributed by atoms with Gasteiger partial charge in [-0.3, -0.25) is 10.1 Å². The van der Waals surface area contributed by atoms with Crippen molar-refractivity contribution in [2.75, 3.05) is 5.32 Å². The van der Waals surface area contributed by atoms with E-state index < -0.39 is 0 Å². The number of rotatable bonds is 6. The van der Waals surface area contributed by atoms with E-state index in [1.54, 1.807) is 10.8 Å². The van der Waals surface area contributed by atoms with Gasteiger partial charge in [0.2, 0.25) is 5.91 Å². The molecule has 0 fully saturated rings. The molecule has 0 atom stereocenters. The van der Waals surface area contributed by atoms with Crippen molar-refractivity contribution in [3.05, 3.63) is 92.6 Å². The van der Waals surface area contributed by atoms with Crippen LogP contribution in [0.4, 0.5) is 5.13 Å². The number of aryl methyl sites for hydroxylation is 4. The minimum absolute atomic E-state index is 0.264. The maximum absolute atomic E-state index is 12.5. The second kappa shape index (κ2) is 9.73. The largest absolute Gasteiger partial charge is 0.298 e. The monoisotopic (exact) mass is 476 g/mol. The van der Waals surface area contributed by atoms with E-state index in [9.17, 15) is 4.79 Å². The van der Waals surface area contributed by atoms with E-state index >= 15 is 0 Å². The Hall–Kier alpha value is -3.22. The van der Waals surface area contributed by atoms with Crippen LogP contribution < -0.4 is 5.32 Å². The summed E-state index contributed by atoms with van der Waals surface area (Å²) in [6, 6.07) is 14.3. The Balaban J connectivity index is 1.46. The minimum Gasteiger partial charge on any atom is -0.298 e. The Morgan fingerprint density at radius 2 is 1.82 bits per heavy atom. The predicted molar refractivity (Wildman–Crippen MR) is 137 cm³/mol. The van der Waals surface area contributed by atoms with Gasteiger partial charge in [0.15, 0.2) is 5.13 Å².